The van der Waals surface area contributed by atoms with Crippen molar-refractivity contribution in [3.05, 3.63) is 60.3 Å². The Hall–Kier alpha value is -3.03. The lowest BCUT2D eigenvalue weighted by atomic mass is 10.1. The Bertz CT molecular complexity index is 1160. The first-order valence-electron chi connectivity index (χ1n) is 9.16. The molecule has 1 N–H and O–H groups in total. The minimum atomic E-state index is -0.143. The van der Waals surface area contributed by atoms with E-state index in [-0.39, 0.29) is 5.91 Å². The SMILES string of the molecule is O=C(Nc1ccc2nc(N3CCOCC3)sc2c1)c1ccnc2ccccc12. The first kappa shape index (κ1) is 17.1. The van der Waals surface area contributed by atoms with Crippen molar-refractivity contribution in [1.82, 2.24) is 9.97 Å². The summed E-state index contributed by atoms with van der Waals surface area (Å²) in [6, 6.07) is 15.2. The number of hydrogen-bond donors (Lipinski definition) is 1. The molecule has 3 heterocycles. The van der Waals surface area contributed by atoms with E-state index in [1.807, 2.05) is 42.5 Å². The van der Waals surface area contributed by atoms with Gasteiger partial charge >= 0.3 is 0 Å². The van der Waals surface area contributed by atoms with Gasteiger partial charge < -0.3 is 15.0 Å². The third kappa shape index (κ3) is 3.19. The summed E-state index contributed by atoms with van der Waals surface area (Å²) in [6.07, 6.45) is 1.66. The average molecular weight is 390 g/mol. The van der Waals surface area contributed by atoms with Gasteiger partial charge in [-0.3, -0.25) is 9.78 Å². The molecule has 0 spiro atoms. The molecule has 1 aliphatic rings. The third-order valence-corrected chi connectivity index (χ3v) is 5.89. The van der Waals surface area contributed by atoms with Gasteiger partial charge in [-0.2, -0.15) is 0 Å². The van der Waals surface area contributed by atoms with Crippen LogP contribution in [0.3, 0.4) is 0 Å². The highest BCUT2D eigenvalue weighted by Gasteiger charge is 2.16. The highest BCUT2D eigenvalue weighted by atomic mass is 32.1. The molecule has 0 unspecified atom stereocenters. The first-order valence-corrected chi connectivity index (χ1v) is 9.98. The molecule has 1 amide bonds. The molecule has 0 bridgehead atoms. The maximum Gasteiger partial charge on any atom is 0.256 e. The Morgan fingerprint density at radius 3 is 2.82 bits per heavy atom. The number of rotatable bonds is 3. The summed E-state index contributed by atoms with van der Waals surface area (Å²) in [6.45, 7) is 3.19. The molecule has 1 saturated heterocycles. The smallest absolute Gasteiger partial charge is 0.256 e. The predicted molar refractivity (Wildman–Crippen MR) is 112 cm³/mol. The monoisotopic (exact) mass is 390 g/mol. The average Bonchev–Trinajstić information content (AvgIpc) is 3.17. The van der Waals surface area contributed by atoms with Gasteiger partial charge in [0.05, 0.1) is 34.5 Å². The minimum absolute atomic E-state index is 0.143. The number of nitrogens with one attached hydrogen (secondary N) is 1. The zero-order valence-electron chi connectivity index (χ0n) is 15.1. The van der Waals surface area contributed by atoms with Crippen molar-refractivity contribution in [3.63, 3.8) is 0 Å². The number of fused-ring (bicyclic) bond motifs is 2. The number of carbonyl (C=O) groups excluding carboxylic acids is 1. The van der Waals surface area contributed by atoms with Gasteiger partial charge in [0.2, 0.25) is 0 Å². The Morgan fingerprint density at radius 2 is 1.93 bits per heavy atom. The molecule has 1 aliphatic heterocycles. The number of amides is 1. The van der Waals surface area contributed by atoms with Gasteiger partial charge in [0.15, 0.2) is 5.13 Å². The van der Waals surface area contributed by atoms with Crippen LogP contribution in [-0.4, -0.2) is 42.2 Å². The Morgan fingerprint density at radius 1 is 1.07 bits per heavy atom. The number of aromatic nitrogens is 2. The van der Waals surface area contributed by atoms with E-state index in [4.69, 9.17) is 9.72 Å². The number of carbonyl (C=O) groups is 1. The van der Waals surface area contributed by atoms with E-state index in [2.05, 4.69) is 15.2 Å². The van der Waals surface area contributed by atoms with Gasteiger partial charge in [0, 0.05) is 30.4 Å². The van der Waals surface area contributed by atoms with Crippen molar-refractivity contribution >= 4 is 49.2 Å². The first-order chi connectivity index (χ1) is 13.8. The highest BCUT2D eigenvalue weighted by molar-refractivity contribution is 7.22. The number of anilines is 2. The van der Waals surface area contributed by atoms with Crippen LogP contribution < -0.4 is 10.2 Å². The van der Waals surface area contributed by atoms with Crippen LogP contribution in [0.2, 0.25) is 0 Å². The fourth-order valence-corrected chi connectivity index (χ4v) is 4.43. The molecule has 28 heavy (non-hydrogen) atoms. The molecule has 5 rings (SSSR count). The number of pyridine rings is 1. The molecule has 2 aromatic heterocycles. The number of hydrogen-bond acceptors (Lipinski definition) is 6. The molecule has 0 radical (unpaired) electrons. The van der Waals surface area contributed by atoms with Crippen molar-refractivity contribution in [3.8, 4) is 0 Å². The second-order valence-electron chi connectivity index (χ2n) is 6.61. The van der Waals surface area contributed by atoms with Gasteiger partial charge in [0.25, 0.3) is 5.91 Å². The number of benzene rings is 2. The van der Waals surface area contributed by atoms with Crippen LogP contribution in [0.4, 0.5) is 10.8 Å². The normalized spacial score (nSPS) is 14.5. The van der Waals surface area contributed by atoms with Gasteiger partial charge in [-0.25, -0.2) is 4.98 Å². The quantitative estimate of drug-likeness (QED) is 0.574. The molecule has 4 aromatic rings. The number of thiazole rings is 1. The van der Waals surface area contributed by atoms with E-state index < -0.39 is 0 Å². The van der Waals surface area contributed by atoms with Crippen LogP contribution in [0, 0.1) is 0 Å². The van der Waals surface area contributed by atoms with Gasteiger partial charge in [0.1, 0.15) is 0 Å². The summed E-state index contributed by atoms with van der Waals surface area (Å²) < 4.78 is 6.47. The summed E-state index contributed by atoms with van der Waals surface area (Å²) in [5.41, 5.74) is 3.13. The molecule has 0 saturated carbocycles. The van der Waals surface area contributed by atoms with Gasteiger partial charge in [-0.15, -0.1) is 0 Å². The number of nitrogens with zero attached hydrogens (tertiary/aromatic N) is 3. The van der Waals surface area contributed by atoms with E-state index in [9.17, 15) is 4.79 Å². The second-order valence-corrected chi connectivity index (χ2v) is 7.62. The van der Waals surface area contributed by atoms with E-state index >= 15 is 0 Å². The standard InChI is InChI=1S/C21H18N4O2S/c26-20(16-7-8-22-17-4-2-1-3-15(16)17)23-14-5-6-18-19(13-14)28-21(24-18)25-9-11-27-12-10-25/h1-8,13H,9-12H2,(H,23,26). The Kier molecular flexibility index (Phi) is 4.38. The van der Waals surface area contributed by atoms with Crippen LogP contribution in [0.1, 0.15) is 10.4 Å². The second kappa shape index (κ2) is 7.18. The molecule has 140 valence electrons. The zero-order chi connectivity index (χ0) is 18.9. The van der Waals surface area contributed by atoms with Gasteiger partial charge in [-0.1, -0.05) is 29.5 Å². The largest absolute Gasteiger partial charge is 0.378 e. The van der Waals surface area contributed by atoms with Crippen LogP contribution >= 0.6 is 11.3 Å². The topological polar surface area (TPSA) is 67.4 Å². The summed E-state index contributed by atoms with van der Waals surface area (Å²) in [5, 5.41) is 4.86. The minimum Gasteiger partial charge on any atom is -0.378 e. The van der Waals surface area contributed by atoms with E-state index in [1.54, 1.807) is 23.6 Å². The summed E-state index contributed by atoms with van der Waals surface area (Å²) in [5.74, 6) is -0.143. The summed E-state index contributed by atoms with van der Waals surface area (Å²) in [4.78, 5) is 24.1. The van der Waals surface area contributed by atoms with Crippen LogP contribution in [0.5, 0.6) is 0 Å². The lowest BCUT2D eigenvalue weighted by Crippen LogP contribution is -2.36. The lowest BCUT2D eigenvalue weighted by Gasteiger charge is -2.25. The number of para-hydroxylation sites is 1. The van der Waals surface area contributed by atoms with Crippen LogP contribution in [0.25, 0.3) is 21.1 Å². The molecular weight excluding hydrogens is 372 g/mol. The van der Waals surface area contributed by atoms with Gasteiger partial charge in [-0.05, 0) is 30.3 Å². The molecule has 1 fully saturated rings. The molecule has 0 atom stereocenters. The number of ether oxygens (including phenoxy) is 1. The fraction of sp³-hybridized carbons (Fsp3) is 0.190. The third-order valence-electron chi connectivity index (χ3n) is 4.81. The van der Waals surface area contributed by atoms with E-state index in [0.29, 0.717) is 5.56 Å². The molecule has 0 aliphatic carbocycles. The van der Waals surface area contributed by atoms with Crippen LogP contribution in [0.15, 0.2) is 54.7 Å². The molecule has 7 heteroatoms. The fourth-order valence-electron chi connectivity index (χ4n) is 3.37. The van der Waals surface area contributed by atoms with Crippen molar-refractivity contribution in [2.75, 3.05) is 36.5 Å². The van der Waals surface area contributed by atoms with Crippen molar-refractivity contribution in [2.45, 2.75) is 0 Å². The lowest BCUT2D eigenvalue weighted by molar-refractivity contribution is 0.102. The zero-order valence-corrected chi connectivity index (χ0v) is 15.9. The Labute approximate surface area is 165 Å². The highest BCUT2D eigenvalue weighted by Crippen LogP contribution is 2.31. The molecular formula is C21H18N4O2S. The Balaban J connectivity index is 1.42. The predicted octanol–water partition coefficient (Wildman–Crippen LogP) is 3.93. The van der Waals surface area contributed by atoms with E-state index in [1.165, 1.54) is 0 Å². The van der Waals surface area contributed by atoms with Crippen molar-refractivity contribution in [1.29, 1.82) is 0 Å². The molecule has 2 aromatic carbocycles. The summed E-state index contributed by atoms with van der Waals surface area (Å²) in [7, 11) is 0. The number of morpholine rings is 1. The van der Waals surface area contributed by atoms with Crippen molar-refractivity contribution in [2.24, 2.45) is 0 Å². The summed E-state index contributed by atoms with van der Waals surface area (Å²) >= 11 is 1.64. The van der Waals surface area contributed by atoms with E-state index in [0.717, 1.165) is 58.2 Å². The maximum absolute atomic E-state index is 12.8. The molecule has 6 nitrogen and oxygen atoms in total. The maximum atomic E-state index is 12.8. The van der Waals surface area contributed by atoms with Crippen LogP contribution in [-0.2, 0) is 4.74 Å². The van der Waals surface area contributed by atoms with Crippen molar-refractivity contribution < 1.29 is 9.53 Å².